The van der Waals surface area contributed by atoms with Crippen molar-refractivity contribution < 1.29 is 9.53 Å². The van der Waals surface area contributed by atoms with Gasteiger partial charge in [0.1, 0.15) is 11.7 Å². The van der Waals surface area contributed by atoms with Crippen LogP contribution < -0.4 is 20.0 Å². The molecule has 4 rings (SSSR count). The highest BCUT2D eigenvalue weighted by Gasteiger charge is 2.41. The Morgan fingerprint density at radius 2 is 2.10 bits per heavy atom. The van der Waals surface area contributed by atoms with Gasteiger partial charge in [0, 0.05) is 19.2 Å². The van der Waals surface area contributed by atoms with Gasteiger partial charge in [-0.25, -0.2) is 15.4 Å². The molecule has 9 nitrogen and oxygen atoms in total. The summed E-state index contributed by atoms with van der Waals surface area (Å²) in [6.07, 6.45) is 8.56. The molecular weight excluding hydrogens is 382 g/mol. The van der Waals surface area contributed by atoms with Crippen molar-refractivity contribution in [2.24, 2.45) is 5.10 Å². The Kier molecular flexibility index (Phi) is 5.78. The number of ether oxygens (including phenoxy) is 1. The van der Waals surface area contributed by atoms with Crippen LogP contribution in [0.3, 0.4) is 0 Å². The third-order valence-electron chi connectivity index (χ3n) is 5.73. The van der Waals surface area contributed by atoms with Crippen LogP contribution in [0.2, 0.25) is 0 Å². The molecule has 2 aromatic rings. The van der Waals surface area contributed by atoms with Crippen LogP contribution in [0.4, 0.5) is 17.5 Å². The number of carbonyl (C=O) groups is 1. The molecule has 1 N–H and O–H groups in total. The van der Waals surface area contributed by atoms with E-state index in [1.165, 1.54) is 12.8 Å². The van der Waals surface area contributed by atoms with Gasteiger partial charge in [-0.05, 0) is 25.3 Å². The van der Waals surface area contributed by atoms with Gasteiger partial charge in [0.2, 0.25) is 17.7 Å². The number of carbonyl (C=O) groups excluding carboxylic acids is 1. The molecule has 1 unspecified atom stereocenters. The summed E-state index contributed by atoms with van der Waals surface area (Å²) in [5.74, 6) is 1.80. The van der Waals surface area contributed by atoms with E-state index in [0.29, 0.717) is 23.6 Å². The fraction of sp³-hybridized carbons (Fsp3) is 0.476. The van der Waals surface area contributed by atoms with Crippen molar-refractivity contribution in [3.63, 3.8) is 0 Å². The summed E-state index contributed by atoms with van der Waals surface area (Å²) in [6.45, 7) is 2.05. The second-order valence-corrected chi connectivity index (χ2v) is 7.54. The Hall–Kier alpha value is -3.23. The first-order valence-electron chi connectivity index (χ1n) is 10.4. The van der Waals surface area contributed by atoms with Crippen molar-refractivity contribution in [1.82, 2.24) is 15.0 Å². The smallest absolute Gasteiger partial charge is 0.249 e. The molecule has 1 atom stereocenters. The summed E-state index contributed by atoms with van der Waals surface area (Å²) in [7, 11) is 3.36. The summed E-state index contributed by atoms with van der Waals surface area (Å²) in [6, 6.07) is 5.59. The van der Waals surface area contributed by atoms with Crippen LogP contribution >= 0.6 is 0 Å². The predicted molar refractivity (Wildman–Crippen MR) is 116 cm³/mol. The minimum Gasteiger partial charge on any atom is -0.481 e. The molecule has 0 saturated heterocycles. The summed E-state index contributed by atoms with van der Waals surface area (Å²) < 4.78 is 5.13. The molecule has 2 aromatic heterocycles. The molecular formula is C21H27N7O2. The summed E-state index contributed by atoms with van der Waals surface area (Å²) in [5.41, 5.74) is 4.28. The molecule has 1 saturated carbocycles. The minimum atomic E-state index is -0.196. The molecule has 0 spiro atoms. The van der Waals surface area contributed by atoms with E-state index in [9.17, 15) is 4.79 Å². The molecule has 3 heterocycles. The topological polar surface area (TPSA) is 95.8 Å². The van der Waals surface area contributed by atoms with Crippen LogP contribution in [0.5, 0.6) is 5.88 Å². The van der Waals surface area contributed by atoms with E-state index >= 15 is 0 Å². The number of pyridine rings is 1. The Balaban J connectivity index is 1.61. The third-order valence-corrected chi connectivity index (χ3v) is 5.73. The molecule has 30 heavy (non-hydrogen) atoms. The van der Waals surface area contributed by atoms with E-state index in [4.69, 9.17) is 9.72 Å². The Morgan fingerprint density at radius 3 is 2.83 bits per heavy atom. The number of methoxy groups -OCH3 is 1. The zero-order valence-electron chi connectivity index (χ0n) is 17.6. The lowest BCUT2D eigenvalue weighted by molar-refractivity contribution is -0.120. The highest BCUT2D eigenvalue weighted by molar-refractivity contribution is 6.04. The predicted octanol–water partition coefficient (Wildman–Crippen LogP) is 2.83. The van der Waals surface area contributed by atoms with Crippen LogP contribution in [-0.2, 0) is 4.79 Å². The monoisotopic (exact) mass is 409 g/mol. The lowest BCUT2D eigenvalue weighted by atomic mass is 10.0. The maximum Gasteiger partial charge on any atom is 0.249 e. The molecule has 1 aliphatic heterocycles. The zero-order valence-corrected chi connectivity index (χ0v) is 17.6. The Labute approximate surface area is 176 Å². The number of aromatic nitrogens is 3. The average Bonchev–Trinajstić information content (AvgIpc) is 3.30. The molecule has 158 valence electrons. The number of likely N-dealkylation sites (N-methyl/N-ethyl adjacent to an activating group) is 1. The first-order valence-corrected chi connectivity index (χ1v) is 10.4. The van der Waals surface area contributed by atoms with Gasteiger partial charge < -0.3 is 14.5 Å². The SMILES string of the molecule is CCC1C(=O)N(C)c2cnc(NN=Cc3cccc(OC)n3)nc2N1C1CCCC1. The quantitative estimate of drug-likeness (QED) is 0.579. The van der Waals surface area contributed by atoms with E-state index in [0.717, 1.165) is 30.8 Å². The number of rotatable bonds is 6. The van der Waals surface area contributed by atoms with Crippen molar-refractivity contribution in [3.8, 4) is 5.88 Å². The van der Waals surface area contributed by atoms with E-state index in [2.05, 4.69) is 32.3 Å². The molecule has 0 radical (unpaired) electrons. The maximum absolute atomic E-state index is 12.9. The molecule has 1 fully saturated rings. The second kappa shape index (κ2) is 8.64. The van der Waals surface area contributed by atoms with Gasteiger partial charge in [0.15, 0.2) is 5.82 Å². The molecule has 1 aliphatic carbocycles. The third kappa shape index (κ3) is 3.79. The number of fused-ring (bicyclic) bond motifs is 1. The van der Waals surface area contributed by atoms with Crippen LogP contribution in [0, 0.1) is 0 Å². The number of anilines is 3. The van der Waals surface area contributed by atoms with Crippen molar-refractivity contribution in [2.45, 2.75) is 51.1 Å². The minimum absolute atomic E-state index is 0.100. The van der Waals surface area contributed by atoms with E-state index in [1.54, 1.807) is 37.5 Å². The normalized spacial score (nSPS) is 19.4. The molecule has 1 amide bonds. The number of hydrogen-bond acceptors (Lipinski definition) is 8. The number of nitrogens with zero attached hydrogens (tertiary/aromatic N) is 6. The van der Waals surface area contributed by atoms with Gasteiger partial charge in [-0.2, -0.15) is 10.1 Å². The molecule has 0 bridgehead atoms. The van der Waals surface area contributed by atoms with Crippen molar-refractivity contribution in [3.05, 3.63) is 30.1 Å². The van der Waals surface area contributed by atoms with Crippen molar-refractivity contribution in [1.29, 1.82) is 0 Å². The fourth-order valence-electron chi connectivity index (χ4n) is 4.21. The number of nitrogens with one attached hydrogen (secondary N) is 1. The fourth-order valence-corrected chi connectivity index (χ4v) is 4.21. The van der Waals surface area contributed by atoms with E-state index < -0.39 is 0 Å². The number of hydrazone groups is 1. The van der Waals surface area contributed by atoms with E-state index in [-0.39, 0.29) is 11.9 Å². The maximum atomic E-state index is 12.9. The lowest BCUT2D eigenvalue weighted by Gasteiger charge is -2.43. The molecule has 0 aromatic carbocycles. The average molecular weight is 409 g/mol. The largest absolute Gasteiger partial charge is 0.481 e. The van der Waals surface area contributed by atoms with Gasteiger partial charge in [0.25, 0.3) is 0 Å². The van der Waals surface area contributed by atoms with Crippen molar-refractivity contribution >= 4 is 29.6 Å². The number of amides is 1. The molecule has 9 heteroatoms. The summed E-state index contributed by atoms with van der Waals surface area (Å²) >= 11 is 0. The highest BCUT2D eigenvalue weighted by Crippen LogP contribution is 2.39. The first-order chi connectivity index (χ1) is 14.6. The summed E-state index contributed by atoms with van der Waals surface area (Å²) in [4.78, 5) is 30.2. The van der Waals surface area contributed by atoms with Gasteiger partial charge in [-0.1, -0.05) is 25.8 Å². The van der Waals surface area contributed by atoms with Crippen LogP contribution in [0.25, 0.3) is 0 Å². The van der Waals surface area contributed by atoms with Gasteiger partial charge >= 0.3 is 0 Å². The lowest BCUT2D eigenvalue weighted by Crippen LogP contribution is -2.55. The van der Waals surface area contributed by atoms with E-state index in [1.807, 2.05) is 12.1 Å². The van der Waals surface area contributed by atoms with Gasteiger partial charge in [-0.15, -0.1) is 0 Å². The van der Waals surface area contributed by atoms with Gasteiger partial charge in [-0.3, -0.25) is 4.79 Å². The standard InChI is InChI=1S/C21H27N7O2/c1-4-16-20(29)27(2)17-13-22-21(25-19(17)28(16)15-9-5-6-10-15)26-23-12-14-8-7-11-18(24-14)30-3/h7-8,11-13,15-16H,4-6,9-10H2,1-3H3,(H,22,25,26). The second-order valence-electron chi connectivity index (χ2n) is 7.54. The van der Waals surface area contributed by atoms with Gasteiger partial charge in [0.05, 0.1) is 25.2 Å². The first kappa shape index (κ1) is 20.1. The number of hydrogen-bond donors (Lipinski definition) is 1. The summed E-state index contributed by atoms with van der Waals surface area (Å²) in [5, 5.41) is 4.21. The Bertz CT molecular complexity index is 943. The zero-order chi connectivity index (χ0) is 21.1. The van der Waals surface area contributed by atoms with Crippen LogP contribution in [0.15, 0.2) is 29.5 Å². The highest BCUT2D eigenvalue weighted by atomic mass is 16.5. The molecule has 2 aliphatic rings. The van der Waals surface area contributed by atoms with Crippen LogP contribution in [-0.4, -0.2) is 53.3 Å². The van der Waals surface area contributed by atoms with Crippen LogP contribution in [0.1, 0.15) is 44.7 Å². The Morgan fingerprint density at radius 1 is 1.30 bits per heavy atom. The van der Waals surface area contributed by atoms with Crippen molar-refractivity contribution in [2.75, 3.05) is 29.4 Å².